The number of ether oxygens (including phenoxy) is 1. The Morgan fingerprint density at radius 1 is 1.16 bits per heavy atom. The number of rotatable bonds is 9. The topological polar surface area (TPSA) is 68.3 Å². The van der Waals surface area contributed by atoms with E-state index in [2.05, 4.69) is 22.4 Å². The minimum absolute atomic E-state index is 0.138. The van der Waals surface area contributed by atoms with Crippen molar-refractivity contribution < 1.29 is 17.5 Å². The van der Waals surface area contributed by atoms with Crippen molar-refractivity contribution >= 4 is 32.5 Å². The van der Waals surface area contributed by atoms with E-state index < -0.39 is 9.84 Å². The molecule has 0 amide bonds. The van der Waals surface area contributed by atoms with Gasteiger partial charge in [-0.1, -0.05) is 18.2 Å². The van der Waals surface area contributed by atoms with E-state index >= 15 is 0 Å². The van der Waals surface area contributed by atoms with Crippen LogP contribution in [0.15, 0.2) is 59.5 Å². The molecule has 0 spiro atoms. The van der Waals surface area contributed by atoms with Crippen molar-refractivity contribution in [1.29, 1.82) is 0 Å². The fourth-order valence-corrected chi connectivity index (χ4v) is 6.29. The zero-order chi connectivity index (χ0) is 21.7. The fraction of sp³-hybridized carbons (Fsp3) is 0.348. The Morgan fingerprint density at radius 3 is 2.77 bits per heavy atom. The summed E-state index contributed by atoms with van der Waals surface area (Å²) >= 11 is 1.70. The molecule has 1 fully saturated rings. The van der Waals surface area contributed by atoms with Gasteiger partial charge in [0.25, 0.3) is 0 Å². The highest BCUT2D eigenvalue weighted by Crippen LogP contribution is 2.25. The molecule has 164 valence electrons. The highest BCUT2D eigenvalue weighted by molar-refractivity contribution is 7.99. The van der Waals surface area contributed by atoms with Crippen molar-refractivity contribution in [1.82, 2.24) is 10.3 Å². The number of hydrogen-bond acceptors (Lipinski definition) is 6. The molecule has 0 saturated carbocycles. The molecule has 31 heavy (non-hydrogen) atoms. The van der Waals surface area contributed by atoms with E-state index in [1.54, 1.807) is 17.8 Å². The number of pyridine rings is 1. The minimum Gasteiger partial charge on any atom is -0.477 e. The molecule has 1 aromatic heterocycles. The van der Waals surface area contributed by atoms with Crippen LogP contribution in [0.5, 0.6) is 5.88 Å². The first-order valence-corrected chi connectivity index (χ1v) is 13.1. The largest absolute Gasteiger partial charge is 0.477 e. The number of nitrogens with one attached hydrogen (secondary N) is 1. The number of fused-ring (bicyclic) bond motifs is 1. The van der Waals surface area contributed by atoms with Gasteiger partial charge < -0.3 is 10.1 Å². The van der Waals surface area contributed by atoms with Crippen molar-refractivity contribution in [3.05, 3.63) is 66.0 Å². The first-order chi connectivity index (χ1) is 15.0. The molecule has 0 unspecified atom stereocenters. The van der Waals surface area contributed by atoms with Gasteiger partial charge in [0.1, 0.15) is 5.82 Å². The zero-order valence-corrected chi connectivity index (χ0v) is 18.7. The van der Waals surface area contributed by atoms with Crippen LogP contribution < -0.4 is 10.1 Å². The van der Waals surface area contributed by atoms with Crippen LogP contribution in [-0.2, 0) is 16.4 Å². The average molecular weight is 461 g/mol. The van der Waals surface area contributed by atoms with E-state index in [9.17, 15) is 12.8 Å². The Balaban J connectivity index is 1.41. The van der Waals surface area contributed by atoms with Gasteiger partial charge in [0.2, 0.25) is 5.88 Å². The van der Waals surface area contributed by atoms with Crippen LogP contribution in [0.3, 0.4) is 0 Å². The van der Waals surface area contributed by atoms with Crippen LogP contribution in [0.2, 0.25) is 0 Å². The van der Waals surface area contributed by atoms with Gasteiger partial charge in [-0.25, -0.2) is 17.8 Å². The predicted octanol–water partition coefficient (Wildman–Crippen LogP) is 4.07. The zero-order valence-electron chi connectivity index (χ0n) is 17.1. The van der Waals surface area contributed by atoms with Crippen molar-refractivity contribution in [3.63, 3.8) is 0 Å². The summed E-state index contributed by atoms with van der Waals surface area (Å²) in [5.74, 6) is 1.57. The maximum atomic E-state index is 13.7. The fourth-order valence-electron chi connectivity index (χ4n) is 3.68. The molecule has 1 saturated heterocycles. The summed E-state index contributed by atoms with van der Waals surface area (Å²) in [7, 11) is -2.88. The molecule has 0 radical (unpaired) electrons. The Kier molecular flexibility index (Phi) is 7.09. The second kappa shape index (κ2) is 9.97. The molecular formula is C23H25FN2O3S2. The maximum absolute atomic E-state index is 13.7. The highest BCUT2D eigenvalue weighted by atomic mass is 32.2. The van der Waals surface area contributed by atoms with Gasteiger partial charge in [-0.2, -0.15) is 0 Å². The summed E-state index contributed by atoms with van der Waals surface area (Å²) in [5, 5.41) is 4.19. The Morgan fingerprint density at radius 2 is 2.00 bits per heavy atom. The van der Waals surface area contributed by atoms with Gasteiger partial charge in [-0.15, -0.1) is 11.8 Å². The number of benzene rings is 2. The van der Waals surface area contributed by atoms with Crippen molar-refractivity contribution in [2.24, 2.45) is 5.92 Å². The molecule has 4 rings (SSSR count). The molecule has 8 heteroatoms. The number of sulfone groups is 1. The normalized spacial score (nSPS) is 17.8. The lowest BCUT2D eigenvalue weighted by molar-refractivity contribution is 0.326. The van der Waals surface area contributed by atoms with Crippen LogP contribution in [0.25, 0.3) is 10.9 Å². The lowest BCUT2D eigenvalue weighted by Gasteiger charge is -2.14. The molecule has 2 aromatic carbocycles. The lowest BCUT2D eigenvalue weighted by Crippen LogP contribution is -2.23. The summed E-state index contributed by atoms with van der Waals surface area (Å²) < 4.78 is 42.9. The second-order valence-corrected chi connectivity index (χ2v) is 11.1. The standard InChI is InChI=1S/C23H25FN2O3S2/c24-20-7-6-18-12-19(15-25-14-17-8-11-31(27,28)16-17)23(26-22(18)13-20)29-9-10-30-21-4-2-1-3-5-21/h1-7,12-13,17,25H,8-11,14-16H2/t17-/m0/s1. The molecule has 0 aliphatic carbocycles. The quantitative estimate of drug-likeness (QED) is 0.384. The van der Waals surface area contributed by atoms with Crippen LogP contribution in [0, 0.1) is 11.7 Å². The third kappa shape index (κ3) is 6.18. The molecule has 0 bridgehead atoms. The van der Waals surface area contributed by atoms with Crippen LogP contribution in [0.1, 0.15) is 12.0 Å². The smallest absolute Gasteiger partial charge is 0.218 e. The number of thioether (sulfide) groups is 1. The summed E-state index contributed by atoms with van der Waals surface area (Å²) in [6, 6.07) is 16.6. The monoisotopic (exact) mass is 460 g/mol. The summed E-state index contributed by atoms with van der Waals surface area (Å²) in [4.78, 5) is 5.72. The molecule has 1 aliphatic heterocycles. The number of hydrogen-bond donors (Lipinski definition) is 1. The van der Waals surface area contributed by atoms with E-state index in [1.165, 1.54) is 17.0 Å². The number of aromatic nitrogens is 1. The van der Waals surface area contributed by atoms with E-state index in [0.717, 1.165) is 16.7 Å². The van der Waals surface area contributed by atoms with E-state index in [0.29, 0.717) is 37.5 Å². The maximum Gasteiger partial charge on any atom is 0.218 e. The predicted molar refractivity (Wildman–Crippen MR) is 123 cm³/mol. The van der Waals surface area contributed by atoms with Gasteiger partial charge in [-0.05, 0) is 49.2 Å². The van der Waals surface area contributed by atoms with Crippen molar-refractivity contribution in [3.8, 4) is 5.88 Å². The molecule has 1 atom stereocenters. The first-order valence-electron chi connectivity index (χ1n) is 10.3. The molecule has 1 aliphatic rings. The lowest BCUT2D eigenvalue weighted by atomic mass is 10.1. The summed E-state index contributed by atoms with van der Waals surface area (Å²) in [5.41, 5.74) is 1.43. The highest BCUT2D eigenvalue weighted by Gasteiger charge is 2.27. The minimum atomic E-state index is -2.88. The molecule has 2 heterocycles. The molecular weight excluding hydrogens is 435 g/mol. The SMILES string of the molecule is O=S1(=O)CC[C@@H](CNCc2cc3ccc(F)cc3nc2OCCSc2ccccc2)C1. The van der Waals surface area contributed by atoms with Crippen LogP contribution in [0.4, 0.5) is 4.39 Å². The Labute approximate surface area is 186 Å². The first kappa shape index (κ1) is 22.0. The van der Waals surface area contributed by atoms with Gasteiger partial charge in [0.05, 0.1) is 23.6 Å². The van der Waals surface area contributed by atoms with Crippen molar-refractivity contribution in [2.45, 2.75) is 17.9 Å². The van der Waals surface area contributed by atoms with E-state index in [4.69, 9.17) is 4.74 Å². The summed E-state index contributed by atoms with van der Waals surface area (Å²) in [6.45, 7) is 1.61. The third-order valence-corrected chi connectivity index (χ3v) is 8.04. The van der Waals surface area contributed by atoms with Crippen LogP contribution >= 0.6 is 11.8 Å². The molecule has 3 aromatic rings. The molecule has 1 N–H and O–H groups in total. The van der Waals surface area contributed by atoms with Gasteiger partial charge in [-0.3, -0.25) is 0 Å². The van der Waals surface area contributed by atoms with E-state index in [1.807, 2.05) is 24.3 Å². The van der Waals surface area contributed by atoms with Gasteiger partial charge in [0.15, 0.2) is 9.84 Å². The average Bonchev–Trinajstić information content (AvgIpc) is 3.10. The van der Waals surface area contributed by atoms with Crippen LogP contribution in [-0.4, -0.2) is 43.8 Å². The Bertz CT molecular complexity index is 1140. The number of halogens is 1. The van der Waals surface area contributed by atoms with Crippen molar-refractivity contribution in [2.75, 3.05) is 30.4 Å². The van der Waals surface area contributed by atoms with E-state index in [-0.39, 0.29) is 23.2 Å². The molecule has 5 nitrogen and oxygen atoms in total. The summed E-state index contributed by atoms with van der Waals surface area (Å²) in [6.07, 6.45) is 0.699. The van der Waals surface area contributed by atoms with Gasteiger partial charge in [0, 0.05) is 34.2 Å². The number of nitrogens with zero attached hydrogens (tertiary/aromatic N) is 1. The van der Waals surface area contributed by atoms with Gasteiger partial charge >= 0.3 is 0 Å². The second-order valence-electron chi connectivity index (χ2n) is 7.70. The third-order valence-electron chi connectivity index (χ3n) is 5.23. The Hall–Kier alpha value is -2.16.